The first kappa shape index (κ1) is 25.5. The second-order valence-corrected chi connectivity index (χ2v) is 9.80. The third-order valence-electron chi connectivity index (χ3n) is 6.85. The van der Waals surface area contributed by atoms with E-state index in [0.29, 0.717) is 18.1 Å². The van der Waals surface area contributed by atoms with Crippen molar-refractivity contribution in [2.45, 2.75) is 32.4 Å². The van der Waals surface area contributed by atoms with E-state index in [1.165, 1.54) is 0 Å². The van der Waals surface area contributed by atoms with Gasteiger partial charge in [0.25, 0.3) is 0 Å². The molecule has 1 fully saturated rings. The van der Waals surface area contributed by atoms with Crippen LogP contribution in [0.4, 0.5) is 5.69 Å². The van der Waals surface area contributed by atoms with E-state index in [4.69, 9.17) is 17.0 Å². The average molecular weight is 526 g/mol. The fourth-order valence-electron chi connectivity index (χ4n) is 4.92. The molecule has 0 saturated carbocycles. The topological polar surface area (TPSA) is 71.4 Å². The number of methoxy groups -OCH3 is 1. The van der Waals surface area contributed by atoms with Crippen LogP contribution >= 0.6 is 12.2 Å². The standard InChI is InChI=1S/C30H31N5O2S/c1-20-7-10-22(11-8-20)32-27(36)17-19-34-29(28(33-30(34)38)25-6-4-5-18-31-25)26-16-9-21(2)35(26)23-12-14-24(37-3)15-13-23/h4-16,18,28-29H,17,19H2,1-3H3,(H,32,36)(H,33,38)/t28-,29+/m0/s1. The van der Waals surface area contributed by atoms with E-state index < -0.39 is 0 Å². The molecule has 194 valence electrons. The van der Waals surface area contributed by atoms with Crippen LogP contribution in [0.25, 0.3) is 5.69 Å². The highest BCUT2D eigenvalue weighted by molar-refractivity contribution is 7.80. The fourth-order valence-corrected chi connectivity index (χ4v) is 5.26. The Balaban J connectivity index is 1.46. The van der Waals surface area contributed by atoms with Gasteiger partial charge in [0.15, 0.2) is 5.11 Å². The zero-order valence-corrected chi connectivity index (χ0v) is 22.5. The molecular weight excluding hydrogens is 494 g/mol. The van der Waals surface area contributed by atoms with Gasteiger partial charge < -0.3 is 24.8 Å². The predicted molar refractivity (Wildman–Crippen MR) is 154 cm³/mol. The average Bonchev–Trinajstić information content (AvgIpc) is 3.48. The van der Waals surface area contributed by atoms with E-state index in [1.54, 1.807) is 13.3 Å². The van der Waals surface area contributed by atoms with Gasteiger partial charge in [-0.3, -0.25) is 9.78 Å². The highest BCUT2D eigenvalue weighted by atomic mass is 32.1. The maximum Gasteiger partial charge on any atom is 0.226 e. The maximum atomic E-state index is 12.9. The first-order chi connectivity index (χ1) is 18.4. The number of pyridine rings is 1. The van der Waals surface area contributed by atoms with Crippen LogP contribution in [0.3, 0.4) is 0 Å². The molecule has 0 unspecified atom stereocenters. The lowest BCUT2D eigenvalue weighted by Gasteiger charge is -2.29. The van der Waals surface area contributed by atoms with Crippen molar-refractivity contribution in [1.82, 2.24) is 19.8 Å². The lowest BCUT2D eigenvalue weighted by molar-refractivity contribution is -0.116. The van der Waals surface area contributed by atoms with Crippen molar-refractivity contribution in [3.05, 3.63) is 108 Å². The summed E-state index contributed by atoms with van der Waals surface area (Å²) >= 11 is 5.82. The van der Waals surface area contributed by atoms with Crippen LogP contribution in [0.1, 0.15) is 41.1 Å². The van der Waals surface area contributed by atoms with Crippen molar-refractivity contribution in [3.63, 3.8) is 0 Å². The van der Waals surface area contributed by atoms with Crippen molar-refractivity contribution in [1.29, 1.82) is 0 Å². The summed E-state index contributed by atoms with van der Waals surface area (Å²) < 4.78 is 7.60. The summed E-state index contributed by atoms with van der Waals surface area (Å²) in [6.45, 7) is 4.57. The maximum absolute atomic E-state index is 12.9. The van der Waals surface area contributed by atoms with E-state index in [1.807, 2.05) is 73.7 Å². The van der Waals surface area contributed by atoms with E-state index in [9.17, 15) is 4.79 Å². The predicted octanol–water partition coefficient (Wildman–Crippen LogP) is 5.50. The fraction of sp³-hybridized carbons (Fsp3) is 0.233. The number of rotatable bonds is 8. The van der Waals surface area contributed by atoms with Gasteiger partial charge in [0.1, 0.15) is 5.75 Å². The molecule has 1 saturated heterocycles. The molecule has 8 heteroatoms. The number of aryl methyl sites for hydroxylation is 2. The van der Waals surface area contributed by atoms with Crippen molar-refractivity contribution >= 4 is 28.9 Å². The second kappa shape index (κ2) is 11.1. The van der Waals surface area contributed by atoms with Gasteiger partial charge in [-0.15, -0.1) is 0 Å². The Hall–Kier alpha value is -4.17. The third kappa shape index (κ3) is 5.26. The van der Waals surface area contributed by atoms with Gasteiger partial charge in [0.2, 0.25) is 5.91 Å². The molecule has 2 N–H and O–H groups in total. The van der Waals surface area contributed by atoms with Gasteiger partial charge in [-0.25, -0.2) is 0 Å². The molecule has 0 aliphatic carbocycles. The smallest absolute Gasteiger partial charge is 0.226 e. The molecule has 38 heavy (non-hydrogen) atoms. The molecule has 0 radical (unpaired) electrons. The molecule has 0 spiro atoms. The number of nitrogens with one attached hydrogen (secondary N) is 2. The summed E-state index contributed by atoms with van der Waals surface area (Å²) in [5.74, 6) is 0.745. The number of ether oxygens (including phenoxy) is 1. The minimum Gasteiger partial charge on any atom is -0.497 e. The molecule has 2 aromatic heterocycles. The number of hydrogen-bond donors (Lipinski definition) is 2. The lowest BCUT2D eigenvalue weighted by Crippen LogP contribution is -2.33. The zero-order chi connectivity index (χ0) is 26.6. The number of benzene rings is 2. The summed E-state index contributed by atoms with van der Waals surface area (Å²) in [4.78, 5) is 19.6. The Kier molecular flexibility index (Phi) is 7.42. The van der Waals surface area contributed by atoms with Crippen LogP contribution in [0.15, 0.2) is 85.1 Å². The number of anilines is 1. The number of amides is 1. The van der Waals surface area contributed by atoms with Gasteiger partial charge in [0.05, 0.1) is 24.9 Å². The van der Waals surface area contributed by atoms with Crippen LogP contribution in [-0.2, 0) is 4.79 Å². The van der Waals surface area contributed by atoms with Crippen LogP contribution < -0.4 is 15.4 Å². The molecule has 2 aromatic carbocycles. The molecule has 1 aliphatic heterocycles. The van der Waals surface area contributed by atoms with E-state index in [-0.39, 0.29) is 18.0 Å². The number of thiocarbonyl (C=S) groups is 1. The van der Waals surface area contributed by atoms with Crippen molar-refractivity contribution < 1.29 is 9.53 Å². The Morgan fingerprint density at radius 3 is 2.47 bits per heavy atom. The number of aromatic nitrogens is 2. The van der Waals surface area contributed by atoms with Gasteiger partial charge in [-0.05, 0) is 86.7 Å². The SMILES string of the molecule is COc1ccc(-n2c(C)ccc2[C@@H]2[C@H](c3ccccn3)NC(=S)N2CCC(=O)Nc2ccc(C)cc2)cc1. The molecule has 4 aromatic rings. The first-order valence-corrected chi connectivity index (χ1v) is 13.0. The highest BCUT2D eigenvalue weighted by Gasteiger charge is 2.41. The zero-order valence-electron chi connectivity index (χ0n) is 21.7. The summed E-state index contributed by atoms with van der Waals surface area (Å²) in [5, 5.41) is 7.09. The largest absolute Gasteiger partial charge is 0.497 e. The third-order valence-corrected chi connectivity index (χ3v) is 7.21. The first-order valence-electron chi connectivity index (χ1n) is 12.6. The molecule has 0 bridgehead atoms. The van der Waals surface area contributed by atoms with E-state index in [0.717, 1.165) is 39.8 Å². The quantitative estimate of drug-likeness (QED) is 0.296. The summed E-state index contributed by atoms with van der Waals surface area (Å²) in [6, 6.07) is 25.6. The summed E-state index contributed by atoms with van der Waals surface area (Å²) in [6.07, 6.45) is 2.09. The van der Waals surface area contributed by atoms with Crippen molar-refractivity contribution in [2.75, 3.05) is 19.0 Å². The Morgan fingerprint density at radius 1 is 1.03 bits per heavy atom. The summed E-state index contributed by atoms with van der Waals surface area (Å²) in [7, 11) is 1.66. The Morgan fingerprint density at radius 2 is 1.79 bits per heavy atom. The molecule has 7 nitrogen and oxygen atoms in total. The van der Waals surface area contributed by atoms with Crippen LogP contribution in [0, 0.1) is 13.8 Å². The monoisotopic (exact) mass is 525 g/mol. The van der Waals surface area contributed by atoms with Gasteiger partial charge in [0, 0.05) is 41.9 Å². The van der Waals surface area contributed by atoms with Crippen molar-refractivity contribution in [2.24, 2.45) is 0 Å². The minimum atomic E-state index is -0.171. The second-order valence-electron chi connectivity index (χ2n) is 9.42. The van der Waals surface area contributed by atoms with Crippen molar-refractivity contribution in [3.8, 4) is 11.4 Å². The highest BCUT2D eigenvalue weighted by Crippen LogP contribution is 2.40. The van der Waals surface area contributed by atoms with Crippen LogP contribution in [-0.4, -0.2) is 39.1 Å². The molecule has 1 amide bonds. The van der Waals surface area contributed by atoms with Gasteiger partial charge in [-0.2, -0.15) is 0 Å². The number of nitrogens with zero attached hydrogens (tertiary/aromatic N) is 3. The van der Waals surface area contributed by atoms with E-state index in [2.05, 4.69) is 44.1 Å². The normalized spacial score (nSPS) is 16.8. The van der Waals surface area contributed by atoms with Crippen LogP contribution in [0.2, 0.25) is 0 Å². The number of hydrogen-bond acceptors (Lipinski definition) is 4. The van der Waals surface area contributed by atoms with E-state index >= 15 is 0 Å². The summed E-state index contributed by atoms with van der Waals surface area (Å²) in [5.41, 5.74) is 6.02. The Bertz CT molecular complexity index is 1420. The molecule has 3 heterocycles. The number of carbonyl (C=O) groups is 1. The number of carbonyl (C=O) groups excluding carboxylic acids is 1. The minimum absolute atomic E-state index is 0.0570. The van der Waals surface area contributed by atoms with Gasteiger partial charge in [-0.1, -0.05) is 23.8 Å². The molecule has 2 atom stereocenters. The van der Waals surface area contributed by atoms with Gasteiger partial charge >= 0.3 is 0 Å². The lowest BCUT2D eigenvalue weighted by atomic mass is 10.0. The molecule has 1 aliphatic rings. The molecular formula is C30H31N5O2S. The van der Waals surface area contributed by atoms with Crippen LogP contribution in [0.5, 0.6) is 5.75 Å². The molecule has 5 rings (SSSR count). The Labute approximate surface area is 228 Å².